The van der Waals surface area contributed by atoms with E-state index in [2.05, 4.69) is 26.0 Å². The molecule has 0 saturated heterocycles. The van der Waals surface area contributed by atoms with Crippen LogP contribution in [-0.2, 0) is 12.8 Å². The second-order valence-corrected chi connectivity index (χ2v) is 9.83. The van der Waals surface area contributed by atoms with Gasteiger partial charge < -0.3 is 4.74 Å². The minimum absolute atomic E-state index is 0.0346. The zero-order chi connectivity index (χ0) is 30.0. The lowest BCUT2D eigenvalue weighted by Crippen LogP contribution is -2.20. The van der Waals surface area contributed by atoms with Crippen molar-refractivity contribution in [1.82, 2.24) is 9.66 Å². The van der Waals surface area contributed by atoms with E-state index in [1.54, 1.807) is 18.2 Å². The second kappa shape index (κ2) is 11.5. The Bertz CT molecular complexity index is 1930. The monoisotopic (exact) mass is 640 g/mol. The predicted molar refractivity (Wildman–Crippen MR) is 151 cm³/mol. The first-order valence-corrected chi connectivity index (χ1v) is 12.9. The van der Waals surface area contributed by atoms with Crippen molar-refractivity contribution in [3.05, 3.63) is 132 Å². The van der Waals surface area contributed by atoms with E-state index < -0.39 is 33.7 Å². The van der Waals surface area contributed by atoms with E-state index in [0.717, 1.165) is 23.0 Å². The smallest absolute Gasteiger partial charge is 0.416 e. The number of benzene rings is 4. The van der Waals surface area contributed by atoms with E-state index in [9.17, 15) is 32.5 Å². The van der Waals surface area contributed by atoms with E-state index >= 15 is 0 Å². The third-order valence-electron chi connectivity index (χ3n) is 6.05. The minimum Gasteiger partial charge on any atom is -0.481 e. The van der Waals surface area contributed by atoms with E-state index in [0.29, 0.717) is 5.56 Å². The molecule has 0 N–H and O–H groups in total. The van der Waals surface area contributed by atoms with Gasteiger partial charge in [-0.05, 0) is 48.0 Å². The van der Waals surface area contributed by atoms with Crippen molar-refractivity contribution in [3.63, 3.8) is 0 Å². The van der Waals surface area contributed by atoms with Crippen molar-refractivity contribution in [3.8, 4) is 17.1 Å². The highest BCUT2D eigenvalue weighted by Crippen LogP contribution is 2.35. The highest BCUT2D eigenvalue weighted by Gasteiger charge is 2.31. The summed E-state index contributed by atoms with van der Waals surface area (Å²) in [6, 6.07) is 18.7. The zero-order valence-electron chi connectivity index (χ0n) is 21.2. The number of nitro benzene ring substituents is 1. The number of hydrogen-bond acceptors (Lipinski definition) is 6. The van der Waals surface area contributed by atoms with Gasteiger partial charge in [-0.15, -0.1) is 0 Å². The molecule has 4 aromatic carbocycles. The largest absolute Gasteiger partial charge is 0.481 e. The molecule has 0 fully saturated rings. The van der Waals surface area contributed by atoms with E-state index in [-0.39, 0.29) is 44.7 Å². The van der Waals surface area contributed by atoms with Crippen LogP contribution in [0.1, 0.15) is 16.7 Å². The number of halogens is 5. The number of aromatic nitrogens is 2. The molecule has 0 saturated carbocycles. The number of nitrogens with zero attached hydrogens (tertiary/aromatic N) is 4. The van der Waals surface area contributed by atoms with Gasteiger partial charge in [-0.1, -0.05) is 52.3 Å². The van der Waals surface area contributed by atoms with Crippen LogP contribution < -0.4 is 10.3 Å². The molecule has 5 rings (SSSR count). The Balaban J connectivity index is 1.66. The molecule has 212 valence electrons. The third-order valence-corrected chi connectivity index (χ3v) is 6.50. The predicted octanol–water partition coefficient (Wildman–Crippen LogP) is 7.35. The molecule has 1 aromatic heterocycles. The maximum absolute atomic E-state index is 13.7. The van der Waals surface area contributed by atoms with Gasteiger partial charge >= 0.3 is 11.9 Å². The summed E-state index contributed by atoms with van der Waals surface area (Å²) in [5.41, 5.74) is -1.42. The number of rotatable bonds is 7. The molecule has 5 aromatic rings. The SMILES string of the molecule is O=c1c2ccccc2nc(-c2cccc(C(F)(F)F)c2)n1N=Cc1cc(Br)cc([N+](=O)[O-])c1OCc1cccc(F)c1. The summed E-state index contributed by atoms with van der Waals surface area (Å²) >= 11 is 3.21. The van der Waals surface area contributed by atoms with E-state index in [1.165, 1.54) is 54.6 Å². The van der Waals surface area contributed by atoms with Crippen LogP contribution in [0.4, 0.5) is 23.2 Å². The van der Waals surface area contributed by atoms with Crippen molar-refractivity contribution in [2.45, 2.75) is 12.8 Å². The lowest BCUT2D eigenvalue weighted by molar-refractivity contribution is -0.386. The Morgan fingerprint density at radius 1 is 1.02 bits per heavy atom. The molecule has 42 heavy (non-hydrogen) atoms. The number of ether oxygens (including phenoxy) is 1. The van der Waals surface area contributed by atoms with Crippen molar-refractivity contribution in [2.24, 2.45) is 5.10 Å². The average Bonchev–Trinajstić information content (AvgIpc) is 2.95. The third kappa shape index (κ3) is 6.05. The fourth-order valence-corrected chi connectivity index (χ4v) is 4.61. The number of alkyl halides is 3. The Morgan fingerprint density at radius 3 is 2.52 bits per heavy atom. The lowest BCUT2D eigenvalue weighted by Gasteiger charge is -2.13. The molecule has 0 spiro atoms. The number of fused-ring (bicyclic) bond motifs is 1. The number of nitro groups is 1. The standard InChI is InChI=1S/C29H17BrF4N4O4/c30-21-13-19(26(25(14-21)38(40)41)42-16-17-5-3-8-22(31)11-17)15-35-37-27(18-6-4-7-20(12-18)29(32,33)34)36-24-10-2-1-9-23(24)28(37)39/h1-15H,16H2. The summed E-state index contributed by atoms with van der Waals surface area (Å²) in [4.78, 5) is 29.1. The molecule has 13 heteroatoms. The van der Waals surface area contributed by atoms with Gasteiger partial charge in [0, 0.05) is 21.7 Å². The lowest BCUT2D eigenvalue weighted by atomic mass is 10.1. The van der Waals surface area contributed by atoms with Gasteiger partial charge in [0.15, 0.2) is 5.82 Å². The number of hydrogen-bond donors (Lipinski definition) is 0. The van der Waals surface area contributed by atoms with E-state index in [4.69, 9.17) is 4.74 Å². The first kappa shape index (κ1) is 28.6. The molecule has 8 nitrogen and oxygen atoms in total. The van der Waals surface area contributed by atoms with Crippen LogP contribution in [-0.4, -0.2) is 20.8 Å². The molecule has 1 heterocycles. The Morgan fingerprint density at radius 2 is 1.79 bits per heavy atom. The van der Waals surface area contributed by atoms with Crippen LogP contribution in [0.3, 0.4) is 0 Å². The zero-order valence-corrected chi connectivity index (χ0v) is 22.8. The van der Waals surface area contributed by atoms with Gasteiger partial charge in [-0.25, -0.2) is 9.37 Å². The average molecular weight is 641 g/mol. The summed E-state index contributed by atoms with van der Waals surface area (Å²) in [6.07, 6.45) is -3.54. The molecular formula is C29H17BrF4N4O4. The molecule has 0 radical (unpaired) electrons. The molecule has 0 aliphatic carbocycles. The highest BCUT2D eigenvalue weighted by molar-refractivity contribution is 9.10. The maximum atomic E-state index is 13.7. The Labute approximate surface area is 242 Å². The second-order valence-electron chi connectivity index (χ2n) is 8.91. The molecular weight excluding hydrogens is 624 g/mol. The fourth-order valence-electron chi connectivity index (χ4n) is 4.14. The van der Waals surface area contributed by atoms with Crippen molar-refractivity contribution < 1.29 is 27.2 Å². The summed E-state index contributed by atoms with van der Waals surface area (Å²) < 4.78 is 60.9. The highest BCUT2D eigenvalue weighted by atomic mass is 79.9. The van der Waals surface area contributed by atoms with Gasteiger partial charge in [0.2, 0.25) is 5.75 Å². The van der Waals surface area contributed by atoms with Crippen LogP contribution >= 0.6 is 15.9 Å². The molecule has 0 bridgehead atoms. The summed E-state index contributed by atoms with van der Waals surface area (Å²) in [5.74, 6) is -0.931. The van der Waals surface area contributed by atoms with Crippen LogP contribution in [0.5, 0.6) is 5.75 Å². The van der Waals surface area contributed by atoms with Crippen molar-refractivity contribution >= 4 is 38.7 Å². The van der Waals surface area contributed by atoms with Gasteiger partial charge in [-0.2, -0.15) is 22.9 Å². The summed E-state index contributed by atoms with van der Waals surface area (Å²) in [5, 5.41) is 16.2. The van der Waals surface area contributed by atoms with Gasteiger partial charge in [0.25, 0.3) is 5.56 Å². The van der Waals surface area contributed by atoms with Crippen molar-refractivity contribution in [2.75, 3.05) is 0 Å². The van der Waals surface area contributed by atoms with Gasteiger partial charge in [-0.3, -0.25) is 14.9 Å². The minimum atomic E-state index is -4.65. The summed E-state index contributed by atoms with van der Waals surface area (Å²) in [6.45, 7) is -0.228. The quantitative estimate of drug-likeness (QED) is 0.0801. The van der Waals surface area contributed by atoms with Gasteiger partial charge in [0.1, 0.15) is 12.4 Å². The maximum Gasteiger partial charge on any atom is 0.416 e. The molecule has 0 unspecified atom stereocenters. The number of para-hydroxylation sites is 1. The molecule has 0 aliphatic heterocycles. The topological polar surface area (TPSA) is 99.6 Å². The summed E-state index contributed by atoms with van der Waals surface area (Å²) in [7, 11) is 0. The fraction of sp³-hybridized carbons (Fsp3) is 0.0690. The van der Waals surface area contributed by atoms with Crippen LogP contribution in [0.2, 0.25) is 0 Å². The van der Waals surface area contributed by atoms with Crippen LogP contribution in [0.25, 0.3) is 22.3 Å². The Hall–Kier alpha value is -4.91. The Kier molecular flexibility index (Phi) is 7.85. The molecule has 0 atom stereocenters. The first-order chi connectivity index (χ1) is 20.0. The normalized spacial score (nSPS) is 11.7. The van der Waals surface area contributed by atoms with Gasteiger partial charge in [0.05, 0.1) is 27.6 Å². The van der Waals surface area contributed by atoms with Crippen molar-refractivity contribution in [1.29, 1.82) is 0 Å². The first-order valence-electron chi connectivity index (χ1n) is 12.1. The van der Waals surface area contributed by atoms with E-state index in [1.807, 2.05) is 0 Å². The van der Waals surface area contributed by atoms with Crippen LogP contribution in [0, 0.1) is 15.9 Å². The molecule has 0 aliphatic rings. The van der Waals surface area contributed by atoms with Crippen LogP contribution in [0.15, 0.2) is 99.3 Å². The molecule has 0 amide bonds.